The van der Waals surface area contributed by atoms with E-state index in [2.05, 4.69) is 43.0 Å². The number of likely N-dealkylation sites (tertiary alicyclic amines) is 1. The van der Waals surface area contributed by atoms with Crippen LogP contribution in [0.25, 0.3) is 0 Å². The van der Waals surface area contributed by atoms with Crippen molar-refractivity contribution in [3.05, 3.63) is 35.4 Å². The number of hydrogen-bond donors (Lipinski definition) is 1. The summed E-state index contributed by atoms with van der Waals surface area (Å²) in [5.74, 6) is 0.691. The maximum atomic E-state index is 6.03. The van der Waals surface area contributed by atoms with Gasteiger partial charge in [-0.1, -0.05) is 29.8 Å². The molecule has 18 heavy (non-hydrogen) atoms. The van der Waals surface area contributed by atoms with Crippen molar-refractivity contribution in [2.24, 2.45) is 11.7 Å². The summed E-state index contributed by atoms with van der Waals surface area (Å²) in [4.78, 5) is 2.58. The molecular weight excluding hydrogens is 220 g/mol. The van der Waals surface area contributed by atoms with E-state index in [4.69, 9.17) is 5.73 Å². The Kier molecular flexibility index (Phi) is 4.79. The minimum Gasteiger partial charge on any atom is -0.328 e. The number of rotatable bonds is 4. The zero-order chi connectivity index (χ0) is 13.0. The molecule has 0 aliphatic carbocycles. The third-order valence-electron chi connectivity index (χ3n) is 4.12. The predicted octanol–water partition coefficient (Wildman–Crippen LogP) is 2.60. The molecule has 1 aromatic rings. The van der Waals surface area contributed by atoms with Gasteiger partial charge in [0.2, 0.25) is 0 Å². The number of nitrogens with zero attached hydrogens (tertiary/aromatic N) is 1. The van der Waals surface area contributed by atoms with Gasteiger partial charge in [-0.3, -0.25) is 0 Å². The van der Waals surface area contributed by atoms with Crippen LogP contribution in [0.5, 0.6) is 0 Å². The van der Waals surface area contributed by atoms with Crippen molar-refractivity contribution in [1.29, 1.82) is 0 Å². The highest BCUT2D eigenvalue weighted by atomic mass is 15.1. The van der Waals surface area contributed by atoms with Gasteiger partial charge in [0.05, 0.1) is 0 Å². The molecule has 1 saturated heterocycles. The maximum absolute atomic E-state index is 6.03. The maximum Gasteiger partial charge on any atom is 0.00509 e. The summed E-state index contributed by atoms with van der Waals surface area (Å²) in [6.45, 7) is 7.89. The second-order valence-electron chi connectivity index (χ2n) is 5.80. The molecule has 1 aliphatic heterocycles. The van der Waals surface area contributed by atoms with Crippen LogP contribution in [-0.2, 0) is 6.42 Å². The summed E-state index contributed by atoms with van der Waals surface area (Å²) in [7, 11) is 0. The third-order valence-corrected chi connectivity index (χ3v) is 4.12. The molecule has 1 heterocycles. The van der Waals surface area contributed by atoms with Gasteiger partial charge in [0.15, 0.2) is 0 Å². The van der Waals surface area contributed by atoms with Gasteiger partial charge in [0.25, 0.3) is 0 Å². The van der Waals surface area contributed by atoms with Crippen molar-refractivity contribution in [3.8, 4) is 0 Å². The highest BCUT2D eigenvalue weighted by Gasteiger charge is 2.22. The minimum atomic E-state index is 0.340. The van der Waals surface area contributed by atoms with Crippen molar-refractivity contribution < 1.29 is 0 Å². The summed E-state index contributed by atoms with van der Waals surface area (Å²) in [6.07, 6.45) is 3.77. The first-order valence-corrected chi connectivity index (χ1v) is 7.18. The Morgan fingerprint density at radius 2 is 2.06 bits per heavy atom. The SMILES string of the molecule is Cc1ccc(CCN2CCCC(C(C)N)C2)cc1. The van der Waals surface area contributed by atoms with Crippen molar-refractivity contribution in [2.75, 3.05) is 19.6 Å². The molecule has 100 valence electrons. The Balaban J connectivity index is 1.81. The highest BCUT2D eigenvalue weighted by Crippen LogP contribution is 2.19. The lowest BCUT2D eigenvalue weighted by molar-refractivity contribution is 0.162. The van der Waals surface area contributed by atoms with E-state index in [1.165, 1.54) is 43.6 Å². The molecule has 1 aromatic carbocycles. The van der Waals surface area contributed by atoms with E-state index in [1.54, 1.807) is 0 Å². The van der Waals surface area contributed by atoms with E-state index in [9.17, 15) is 0 Å². The number of hydrogen-bond acceptors (Lipinski definition) is 2. The molecule has 2 rings (SSSR count). The largest absolute Gasteiger partial charge is 0.328 e. The van der Waals surface area contributed by atoms with Gasteiger partial charge in [-0.15, -0.1) is 0 Å². The normalized spacial score (nSPS) is 22.9. The number of piperidine rings is 1. The van der Waals surface area contributed by atoms with E-state index in [1.807, 2.05) is 0 Å². The topological polar surface area (TPSA) is 29.3 Å². The first kappa shape index (κ1) is 13.6. The molecule has 1 aliphatic rings. The summed E-state index contributed by atoms with van der Waals surface area (Å²) in [6, 6.07) is 9.25. The summed E-state index contributed by atoms with van der Waals surface area (Å²) in [5.41, 5.74) is 8.82. The zero-order valence-corrected chi connectivity index (χ0v) is 11.7. The van der Waals surface area contributed by atoms with Crippen LogP contribution < -0.4 is 5.73 Å². The lowest BCUT2D eigenvalue weighted by atomic mass is 9.92. The Bertz CT molecular complexity index is 356. The Morgan fingerprint density at radius 1 is 1.33 bits per heavy atom. The van der Waals surface area contributed by atoms with Crippen LogP contribution in [0.2, 0.25) is 0 Å². The van der Waals surface area contributed by atoms with E-state index in [0.717, 1.165) is 6.42 Å². The molecule has 2 heteroatoms. The highest BCUT2D eigenvalue weighted by molar-refractivity contribution is 5.21. The van der Waals surface area contributed by atoms with Crippen LogP contribution in [0, 0.1) is 12.8 Å². The number of benzene rings is 1. The van der Waals surface area contributed by atoms with Crippen LogP contribution in [0.1, 0.15) is 30.9 Å². The summed E-state index contributed by atoms with van der Waals surface area (Å²) in [5, 5.41) is 0. The zero-order valence-electron chi connectivity index (χ0n) is 11.7. The Labute approximate surface area is 111 Å². The van der Waals surface area contributed by atoms with Gasteiger partial charge in [-0.25, -0.2) is 0 Å². The van der Waals surface area contributed by atoms with E-state index in [-0.39, 0.29) is 0 Å². The fraction of sp³-hybridized carbons (Fsp3) is 0.625. The van der Waals surface area contributed by atoms with E-state index < -0.39 is 0 Å². The van der Waals surface area contributed by atoms with Gasteiger partial charge >= 0.3 is 0 Å². The Hall–Kier alpha value is -0.860. The average Bonchev–Trinajstić information content (AvgIpc) is 2.38. The molecule has 0 spiro atoms. The molecule has 0 radical (unpaired) electrons. The van der Waals surface area contributed by atoms with Gasteiger partial charge in [-0.2, -0.15) is 0 Å². The van der Waals surface area contributed by atoms with Crippen molar-refractivity contribution in [1.82, 2.24) is 4.90 Å². The van der Waals surface area contributed by atoms with Gasteiger partial charge < -0.3 is 10.6 Å². The molecule has 1 fully saturated rings. The molecule has 2 nitrogen and oxygen atoms in total. The first-order chi connectivity index (χ1) is 8.65. The van der Waals surface area contributed by atoms with Gasteiger partial charge in [-0.05, 0) is 51.1 Å². The van der Waals surface area contributed by atoms with Crippen LogP contribution in [0.4, 0.5) is 0 Å². The van der Waals surface area contributed by atoms with Crippen molar-refractivity contribution in [3.63, 3.8) is 0 Å². The molecule has 0 saturated carbocycles. The quantitative estimate of drug-likeness (QED) is 0.885. The second-order valence-corrected chi connectivity index (χ2v) is 5.80. The lowest BCUT2D eigenvalue weighted by Gasteiger charge is -2.34. The predicted molar refractivity (Wildman–Crippen MR) is 77.7 cm³/mol. The Morgan fingerprint density at radius 3 is 2.72 bits per heavy atom. The van der Waals surface area contributed by atoms with Crippen LogP contribution >= 0.6 is 0 Å². The molecule has 0 amide bonds. The summed E-state index contributed by atoms with van der Waals surface area (Å²) >= 11 is 0. The molecule has 0 bridgehead atoms. The smallest absolute Gasteiger partial charge is 0.00509 e. The van der Waals surface area contributed by atoms with Crippen LogP contribution in [0.15, 0.2) is 24.3 Å². The lowest BCUT2D eigenvalue weighted by Crippen LogP contribution is -2.43. The molecular formula is C16H26N2. The molecule has 2 atom stereocenters. The first-order valence-electron chi connectivity index (χ1n) is 7.18. The standard InChI is InChI=1S/C16H26N2/c1-13-5-7-15(8-6-13)9-11-18-10-3-4-16(12-18)14(2)17/h5-8,14,16H,3-4,9-12,17H2,1-2H3. The van der Waals surface area contributed by atoms with Gasteiger partial charge in [0.1, 0.15) is 0 Å². The van der Waals surface area contributed by atoms with Crippen molar-refractivity contribution >= 4 is 0 Å². The second kappa shape index (κ2) is 6.35. The van der Waals surface area contributed by atoms with E-state index >= 15 is 0 Å². The number of nitrogens with two attached hydrogens (primary N) is 1. The fourth-order valence-corrected chi connectivity index (χ4v) is 2.77. The summed E-state index contributed by atoms with van der Waals surface area (Å²) < 4.78 is 0. The van der Waals surface area contributed by atoms with E-state index in [0.29, 0.717) is 12.0 Å². The van der Waals surface area contributed by atoms with Crippen LogP contribution in [-0.4, -0.2) is 30.6 Å². The minimum absolute atomic E-state index is 0.340. The van der Waals surface area contributed by atoms with Gasteiger partial charge in [0, 0.05) is 19.1 Å². The number of aryl methyl sites for hydroxylation is 1. The average molecular weight is 246 g/mol. The molecule has 2 unspecified atom stereocenters. The molecule has 2 N–H and O–H groups in total. The fourth-order valence-electron chi connectivity index (χ4n) is 2.77. The van der Waals surface area contributed by atoms with Crippen molar-refractivity contribution in [2.45, 2.75) is 39.2 Å². The van der Waals surface area contributed by atoms with Crippen LogP contribution in [0.3, 0.4) is 0 Å². The third kappa shape index (κ3) is 3.82. The molecule has 0 aromatic heterocycles. The monoisotopic (exact) mass is 246 g/mol.